The molecule has 0 atom stereocenters. The molecule has 5 nitrogen and oxygen atoms in total. The van der Waals surface area contributed by atoms with E-state index < -0.39 is 0 Å². The zero-order chi connectivity index (χ0) is 8.27. The van der Waals surface area contributed by atoms with Gasteiger partial charge in [-0.05, 0) is 15.9 Å². The number of nitrogens with one attached hydrogen (secondary N) is 1. The molecule has 0 radical (unpaired) electrons. The van der Waals surface area contributed by atoms with Crippen molar-refractivity contribution < 1.29 is 4.74 Å². The number of rotatable bonds is 3. The molecule has 0 aromatic carbocycles. The Balaban J connectivity index is 2.75. The second kappa shape index (κ2) is 3.68. The van der Waals surface area contributed by atoms with Crippen molar-refractivity contribution in [2.45, 2.75) is 6.54 Å². The van der Waals surface area contributed by atoms with Gasteiger partial charge in [-0.1, -0.05) is 0 Å². The molecule has 1 N–H and O–H groups in total. The van der Waals surface area contributed by atoms with Crippen molar-refractivity contribution in [2.75, 3.05) is 13.7 Å². The van der Waals surface area contributed by atoms with Crippen molar-refractivity contribution in [1.82, 2.24) is 14.8 Å². The third kappa shape index (κ3) is 1.90. The first-order chi connectivity index (χ1) is 5.25. The SMILES string of the molecule is COCCn1c(Br)n[nH]c1=O. The maximum absolute atomic E-state index is 10.9. The Hall–Kier alpha value is -0.620. The summed E-state index contributed by atoms with van der Waals surface area (Å²) in [5.41, 5.74) is -0.228. The molecular formula is C5H8BrN3O2. The van der Waals surface area contributed by atoms with Gasteiger partial charge in [0.15, 0.2) is 0 Å². The predicted octanol–water partition coefficient (Wildman–Crippen LogP) is -0.0197. The molecule has 0 unspecified atom stereocenters. The van der Waals surface area contributed by atoms with Crippen molar-refractivity contribution >= 4 is 15.9 Å². The number of aromatic nitrogens is 3. The first-order valence-electron chi connectivity index (χ1n) is 3.05. The summed E-state index contributed by atoms with van der Waals surface area (Å²) in [6.45, 7) is 1.00. The van der Waals surface area contributed by atoms with Gasteiger partial charge in [-0.3, -0.25) is 4.57 Å². The molecule has 0 saturated carbocycles. The standard InChI is InChI=1S/C5H8BrN3O2/c1-11-3-2-9-4(6)7-8-5(9)10/h2-3H2,1H3,(H,8,10). The lowest BCUT2D eigenvalue weighted by Crippen LogP contribution is -2.19. The Morgan fingerprint density at radius 3 is 3.00 bits per heavy atom. The Kier molecular flexibility index (Phi) is 2.84. The number of methoxy groups -OCH3 is 1. The number of ether oxygens (including phenoxy) is 1. The lowest BCUT2D eigenvalue weighted by atomic mass is 10.7. The van der Waals surface area contributed by atoms with Crippen LogP contribution >= 0.6 is 15.9 Å². The van der Waals surface area contributed by atoms with Crippen molar-refractivity contribution in [3.8, 4) is 0 Å². The van der Waals surface area contributed by atoms with Gasteiger partial charge in [0, 0.05) is 7.11 Å². The van der Waals surface area contributed by atoms with Crippen LogP contribution in [0.2, 0.25) is 0 Å². The molecule has 0 fully saturated rings. The van der Waals surface area contributed by atoms with E-state index in [0.717, 1.165) is 0 Å². The maximum atomic E-state index is 10.9. The van der Waals surface area contributed by atoms with Crippen LogP contribution in [0, 0.1) is 0 Å². The molecule has 6 heteroatoms. The molecule has 0 bridgehead atoms. The molecule has 0 amide bonds. The molecule has 0 aliphatic carbocycles. The average Bonchev–Trinajstić information content (AvgIpc) is 2.29. The number of H-pyrrole nitrogens is 1. The third-order valence-corrected chi connectivity index (χ3v) is 1.84. The lowest BCUT2D eigenvalue weighted by Gasteiger charge is -1.98. The molecule has 1 aromatic heterocycles. The fourth-order valence-electron chi connectivity index (χ4n) is 0.675. The van der Waals surface area contributed by atoms with Crippen LogP contribution < -0.4 is 5.69 Å². The smallest absolute Gasteiger partial charge is 0.344 e. The van der Waals surface area contributed by atoms with Crippen LogP contribution in [0.1, 0.15) is 0 Å². The van der Waals surface area contributed by atoms with Gasteiger partial charge < -0.3 is 4.74 Å². The van der Waals surface area contributed by atoms with Crippen LogP contribution in [0.3, 0.4) is 0 Å². The number of halogens is 1. The minimum absolute atomic E-state index is 0.228. The number of nitrogens with zero attached hydrogens (tertiary/aromatic N) is 2. The van der Waals surface area contributed by atoms with E-state index in [1.807, 2.05) is 0 Å². The summed E-state index contributed by atoms with van der Waals surface area (Å²) in [5.74, 6) is 0. The molecule has 1 heterocycles. The molecule has 0 spiro atoms. The lowest BCUT2D eigenvalue weighted by molar-refractivity contribution is 0.185. The van der Waals surface area contributed by atoms with E-state index in [1.165, 1.54) is 4.57 Å². The molecule has 62 valence electrons. The normalized spacial score (nSPS) is 10.4. The highest BCUT2D eigenvalue weighted by molar-refractivity contribution is 9.10. The molecule has 1 aromatic rings. The topological polar surface area (TPSA) is 59.9 Å². The second-order valence-corrected chi connectivity index (χ2v) is 2.65. The van der Waals surface area contributed by atoms with E-state index in [2.05, 4.69) is 26.1 Å². The van der Waals surface area contributed by atoms with Crippen LogP contribution in [0.25, 0.3) is 0 Å². The predicted molar refractivity (Wildman–Crippen MR) is 42.4 cm³/mol. The number of hydrogen-bond donors (Lipinski definition) is 1. The van der Waals surface area contributed by atoms with Crippen molar-refractivity contribution in [2.24, 2.45) is 0 Å². The van der Waals surface area contributed by atoms with Gasteiger partial charge in [0.25, 0.3) is 0 Å². The van der Waals surface area contributed by atoms with Crippen LogP contribution in [0.4, 0.5) is 0 Å². The summed E-state index contributed by atoms with van der Waals surface area (Å²) >= 11 is 3.11. The molecule has 0 aliphatic heterocycles. The minimum atomic E-state index is -0.228. The van der Waals surface area contributed by atoms with Crippen LogP contribution in [-0.2, 0) is 11.3 Å². The quantitative estimate of drug-likeness (QED) is 0.781. The zero-order valence-electron chi connectivity index (χ0n) is 6.00. The molecule has 11 heavy (non-hydrogen) atoms. The van der Waals surface area contributed by atoms with Crippen LogP contribution in [0.15, 0.2) is 9.53 Å². The van der Waals surface area contributed by atoms with Crippen molar-refractivity contribution in [3.63, 3.8) is 0 Å². The molecule has 0 saturated heterocycles. The summed E-state index contributed by atoms with van der Waals surface area (Å²) in [5, 5.41) is 5.96. The van der Waals surface area contributed by atoms with Gasteiger partial charge in [0.1, 0.15) is 0 Å². The Morgan fingerprint density at radius 1 is 1.82 bits per heavy atom. The fourth-order valence-corrected chi connectivity index (χ4v) is 1.10. The van der Waals surface area contributed by atoms with E-state index in [4.69, 9.17) is 4.74 Å². The summed E-state index contributed by atoms with van der Waals surface area (Å²) in [7, 11) is 1.58. The average molecular weight is 222 g/mol. The zero-order valence-corrected chi connectivity index (χ0v) is 7.59. The van der Waals surface area contributed by atoms with Gasteiger partial charge in [0.05, 0.1) is 13.2 Å². The monoisotopic (exact) mass is 221 g/mol. The van der Waals surface area contributed by atoms with Gasteiger partial charge in [-0.15, -0.1) is 5.10 Å². The van der Waals surface area contributed by atoms with Crippen LogP contribution in [0.5, 0.6) is 0 Å². The molecular weight excluding hydrogens is 214 g/mol. The minimum Gasteiger partial charge on any atom is -0.383 e. The van der Waals surface area contributed by atoms with Gasteiger partial charge in [-0.2, -0.15) is 0 Å². The van der Waals surface area contributed by atoms with Gasteiger partial charge >= 0.3 is 5.69 Å². The summed E-state index contributed by atoms with van der Waals surface area (Å²) in [6.07, 6.45) is 0. The van der Waals surface area contributed by atoms with E-state index >= 15 is 0 Å². The number of hydrogen-bond acceptors (Lipinski definition) is 3. The Bertz CT molecular complexity index is 280. The molecule has 1 rings (SSSR count). The Labute approximate surface area is 71.5 Å². The number of aromatic amines is 1. The van der Waals surface area contributed by atoms with E-state index in [-0.39, 0.29) is 5.69 Å². The van der Waals surface area contributed by atoms with Gasteiger partial charge in [0.2, 0.25) is 4.73 Å². The third-order valence-electron chi connectivity index (χ3n) is 1.23. The summed E-state index contributed by atoms with van der Waals surface area (Å²) in [6, 6.07) is 0. The summed E-state index contributed by atoms with van der Waals surface area (Å²) in [4.78, 5) is 10.9. The first-order valence-corrected chi connectivity index (χ1v) is 3.84. The van der Waals surface area contributed by atoms with E-state index in [0.29, 0.717) is 17.9 Å². The molecule has 0 aliphatic rings. The van der Waals surface area contributed by atoms with E-state index in [1.54, 1.807) is 7.11 Å². The summed E-state index contributed by atoms with van der Waals surface area (Å²) < 4.78 is 6.75. The van der Waals surface area contributed by atoms with Crippen LogP contribution in [-0.4, -0.2) is 28.5 Å². The van der Waals surface area contributed by atoms with Crippen molar-refractivity contribution in [3.05, 3.63) is 15.2 Å². The van der Waals surface area contributed by atoms with Gasteiger partial charge in [-0.25, -0.2) is 9.89 Å². The van der Waals surface area contributed by atoms with E-state index in [9.17, 15) is 4.79 Å². The maximum Gasteiger partial charge on any atom is 0.344 e. The fraction of sp³-hybridized carbons (Fsp3) is 0.600. The first kappa shape index (κ1) is 8.48. The highest BCUT2D eigenvalue weighted by Gasteiger charge is 2.02. The van der Waals surface area contributed by atoms with Crippen molar-refractivity contribution in [1.29, 1.82) is 0 Å². The Morgan fingerprint density at radius 2 is 2.55 bits per heavy atom. The largest absolute Gasteiger partial charge is 0.383 e. The highest BCUT2D eigenvalue weighted by Crippen LogP contribution is 1.99. The second-order valence-electron chi connectivity index (χ2n) is 1.94. The highest BCUT2D eigenvalue weighted by atomic mass is 79.9.